The lowest BCUT2D eigenvalue weighted by Crippen LogP contribution is -2.09. The Hall–Kier alpha value is -2.75. The third-order valence-electron chi connectivity index (χ3n) is 3.10. The highest BCUT2D eigenvalue weighted by Crippen LogP contribution is 2.35. The van der Waals surface area contributed by atoms with Gasteiger partial charge in [0.25, 0.3) is 0 Å². The molecule has 3 aromatic heterocycles. The van der Waals surface area contributed by atoms with E-state index in [-0.39, 0.29) is 17.1 Å². The fraction of sp³-hybridized carbons (Fsp3) is 0.250. The second-order valence-electron chi connectivity index (χ2n) is 5.49. The number of alkyl halides is 3. The predicted molar refractivity (Wildman–Crippen MR) is 91.4 cm³/mol. The van der Waals surface area contributed by atoms with Crippen molar-refractivity contribution in [2.75, 3.05) is 5.32 Å². The van der Waals surface area contributed by atoms with Gasteiger partial charge in [-0.1, -0.05) is 0 Å². The van der Waals surface area contributed by atoms with Gasteiger partial charge in [-0.3, -0.25) is 0 Å². The summed E-state index contributed by atoms with van der Waals surface area (Å²) in [6.45, 7) is 3.81. The summed E-state index contributed by atoms with van der Waals surface area (Å²) >= 11 is 0.923. The van der Waals surface area contributed by atoms with Crippen molar-refractivity contribution in [3.63, 3.8) is 0 Å². The van der Waals surface area contributed by atoms with Crippen LogP contribution in [0.15, 0.2) is 36.7 Å². The first kappa shape index (κ1) is 18.1. The molecule has 0 aliphatic heterocycles. The molecule has 0 fully saturated rings. The van der Waals surface area contributed by atoms with Gasteiger partial charge in [-0.2, -0.15) is 22.5 Å². The molecule has 0 atom stereocenters. The number of halogens is 3. The highest BCUT2D eigenvalue weighted by Gasteiger charge is 2.34. The largest absolute Gasteiger partial charge is 0.489 e. The van der Waals surface area contributed by atoms with E-state index in [1.165, 1.54) is 12.3 Å². The first-order valence-corrected chi connectivity index (χ1v) is 8.36. The van der Waals surface area contributed by atoms with Crippen molar-refractivity contribution in [2.45, 2.75) is 26.1 Å². The smallest absolute Gasteiger partial charge is 0.419 e. The minimum atomic E-state index is -4.52. The van der Waals surface area contributed by atoms with Crippen molar-refractivity contribution in [1.29, 1.82) is 0 Å². The lowest BCUT2D eigenvalue weighted by Gasteiger charge is -2.11. The lowest BCUT2D eigenvalue weighted by atomic mass is 10.2. The zero-order chi connectivity index (χ0) is 18.7. The number of ether oxygens (including phenoxy) is 1. The van der Waals surface area contributed by atoms with Gasteiger partial charge in [0, 0.05) is 17.7 Å². The molecule has 0 bridgehead atoms. The number of anilines is 2. The van der Waals surface area contributed by atoms with Crippen LogP contribution in [-0.4, -0.2) is 25.4 Å². The summed E-state index contributed by atoms with van der Waals surface area (Å²) in [5.41, 5.74) is -0.382. The summed E-state index contributed by atoms with van der Waals surface area (Å²) in [6.07, 6.45) is -1.67. The van der Waals surface area contributed by atoms with Crippen molar-refractivity contribution in [3.8, 4) is 17.3 Å². The van der Waals surface area contributed by atoms with Crippen LogP contribution < -0.4 is 10.1 Å². The Bertz CT molecular complexity index is 880. The molecule has 26 heavy (non-hydrogen) atoms. The van der Waals surface area contributed by atoms with Gasteiger partial charge >= 0.3 is 6.18 Å². The second kappa shape index (κ2) is 7.24. The minimum Gasteiger partial charge on any atom is -0.489 e. The van der Waals surface area contributed by atoms with E-state index in [2.05, 4.69) is 24.6 Å². The molecule has 0 saturated heterocycles. The quantitative estimate of drug-likeness (QED) is 0.699. The molecule has 0 aromatic carbocycles. The highest BCUT2D eigenvalue weighted by atomic mass is 32.1. The van der Waals surface area contributed by atoms with Gasteiger partial charge in [0.05, 0.1) is 17.9 Å². The summed E-state index contributed by atoms with van der Waals surface area (Å²) in [5.74, 6) is 0.593. The van der Waals surface area contributed by atoms with Crippen LogP contribution in [0.5, 0.6) is 5.75 Å². The molecule has 0 spiro atoms. The molecule has 0 radical (unpaired) electrons. The topological polar surface area (TPSA) is 72.8 Å². The third-order valence-corrected chi connectivity index (χ3v) is 3.73. The molecule has 0 amide bonds. The van der Waals surface area contributed by atoms with Gasteiger partial charge in [-0.05, 0) is 38.1 Å². The van der Waals surface area contributed by atoms with Gasteiger partial charge in [0.15, 0.2) is 5.82 Å². The van der Waals surface area contributed by atoms with Gasteiger partial charge in [-0.25, -0.2) is 9.97 Å². The molecule has 0 unspecified atom stereocenters. The normalized spacial score (nSPS) is 11.6. The fourth-order valence-corrected chi connectivity index (χ4v) is 2.64. The van der Waals surface area contributed by atoms with Crippen molar-refractivity contribution >= 4 is 22.5 Å². The van der Waals surface area contributed by atoms with Crippen LogP contribution in [0.4, 0.5) is 24.1 Å². The summed E-state index contributed by atoms with van der Waals surface area (Å²) in [5, 5.41) is 2.76. The number of nitrogens with zero attached hydrogens (tertiary/aromatic N) is 4. The van der Waals surface area contributed by atoms with Crippen LogP contribution >= 0.6 is 11.5 Å². The van der Waals surface area contributed by atoms with Crippen LogP contribution in [0.25, 0.3) is 11.5 Å². The van der Waals surface area contributed by atoms with Crippen molar-refractivity contribution in [1.82, 2.24) is 19.3 Å². The summed E-state index contributed by atoms with van der Waals surface area (Å²) in [4.78, 5) is 12.1. The zero-order valence-corrected chi connectivity index (χ0v) is 14.6. The Balaban J connectivity index is 1.79. The standard InChI is InChI=1S/C16H14F3N5OS/c1-9(2)25-10-5-6-12(21-8-10)14-23-15(26-24-14)22-13-11(16(17,18)19)4-3-7-20-13/h3-9H,1-2H3,(H,20,22,23,24). The summed E-state index contributed by atoms with van der Waals surface area (Å²) < 4.78 is 48.7. The monoisotopic (exact) mass is 381 g/mol. The van der Waals surface area contributed by atoms with Crippen molar-refractivity contribution in [2.24, 2.45) is 0 Å². The summed E-state index contributed by atoms with van der Waals surface area (Å²) in [7, 11) is 0. The van der Waals surface area contributed by atoms with Gasteiger partial charge in [-0.15, -0.1) is 0 Å². The molecule has 1 N–H and O–H groups in total. The molecular formula is C16H14F3N5OS. The number of hydrogen-bond donors (Lipinski definition) is 1. The van der Waals surface area contributed by atoms with E-state index in [1.54, 1.807) is 18.3 Å². The Kier molecular flexibility index (Phi) is 5.03. The third kappa shape index (κ3) is 4.26. The van der Waals surface area contributed by atoms with E-state index < -0.39 is 11.7 Å². The molecule has 6 nitrogen and oxygen atoms in total. The molecule has 3 aromatic rings. The number of pyridine rings is 2. The summed E-state index contributed by atoms with van der Waals surface area (Å²) in [6, 6.07) is 5.60. The molecule has 136 valence electrons. The van der Waals surface area contributed by atoms with Crippen molar-refractivity contribution < 1.29 is 17.9 Å². The molecule has 0 aliphatic rings. The highest BCUT2D eigenvalue weighted by molar-refractivity contribution is 7.09. The number of aromatic nitrogens is 4. The predicted octanol–water partition coefficient (Wildman–Crippen LogP) is 4.54. The maximum atomic E-state index is 13.0. The van der Waals surface area contributed by atoms with Gasteiger partial charge in [0.1, 0.15) is 17.3 Å². The van der Waals surface area contributed by atoms with Crippen LogP contribution in [-0.2, 0) is 6.18 Å². The van der Waals surface area contributed by atoms with Gasteiger partial charge < -0.3 is 10.1 Å². The second-order valence-corrected chi connectivity index (χ2v) is 6.24. The molecule has 0 saturated carbocycles. The van der Waals surface area contributed by atoms with Crippen LogP contribution in [0, 0.1) is 0 Å². The maximum Gasteiger partial charge on any atom is 0.419 e. The first-order chi connectivity index (χ1) is 12.3. The molecule has 3 rings (SSSR count). The first-order valence-electron chi connectivity index (χ1n) is 7.59. The number of hydrogen-bond acceptors (Lipinski definition) is 7. The van der Waals surface area contributed by atoms with Crippen molar-refractivity contribution in [3.05, 3.63) is 42.2 Å². The van der Waals surface area contributed by atoms with Crippen LogP contribution in [0.2, 0.25) is 0 Å². The van der Waals surface area contributed by atoms with E-state index in [4.69, 9.17) is 4.74 Å². The van der Waals surface area contributed by atoms with E-state index in [9.17, 15) is 13.2 Å². The average Bonchev–Trinajstić information content (AvgIpc) is 3.03. The zero-order valence-electron chi connectivity index (χ0n) is 13.8. The Morgan fingerprint density at radius 3 is 2.62 bits per heavy atom. The molecule has 3 heterocycles. The lowest BCUT2D eigenvalue weighted by molar-refractivity contribution is -0.137. The van der Waals surface area contributed by atoms with E-state index in [1.807, 2.05) is 13.8 Å². The molecule has 0 aliphatic carbocycles. The Labute approximate surface area is 151 Å². The maximum absolute atomic E-state index is 13.0. The van der Waals surface area contributed by atoms with E-state index in [0.717, 1.165) is 17.6 Å². The van der Waals surface area contributed by atoms with E-state index >= 15 is 0 Å². The number of rotatable bonds is 5. The van der Waals surface area contributed by atoms with Crippen LogP contribution in [0.3, 0.4) is 0 Å². The average molecular weight is 381 g/mol. The number of nitrogens with one attached hydrogen (secondary N) is 1. The fourth-order valence-electron chi connectivity index (χ4n) is 2.07. The molecular weight excluding hydrogens is 367 g/mol. The van der Waals surface area contributed by atoms with Gasteiger partial charge in [0.2, 0.25) is 5.13 Å². The van der Waals surface area contributed by atoms with E-state index in [0.29, 0.717) is 17.3 Å². The Morgan fingerprint density at radius 1 is 1.15 bits per heavy atom. The SMILES string of the molecule is CC(C)Oc1ccc(-c2nsc(Nc3ncccc3C(F)(F)F)n2)nc1. The Morgan fingerprint density at radius 2 is 1.96 bits per heavy atom. The van der Waals surface area contributed by atoms with Crippen LogP contribution in [0.1, 0.15) is 19.4 Å². The molecule has 10 heteroatoms. The minimum absolute atomic E-state index is 0.0250.